The molecular formula is C15H13ClN2O3S. The molecule has 2 aromatic rings. The van der Waals surface area contributed by atoms with Crippen LogP contribution in [0.4, 0.5) is 11.4 Å². The van der Waals surface area contributed by atoms with Gasteiger partial charge in [0, 0.05) is 27.7 Å². The summed E-state index contributed by atoms with van der Waals surface area (Å²) < 4.78 is 0. The second-order valence-corrected chi connectivity index (χ2v) is 6.03. The first kappa shape index (κ1) is 16.3. The molecule has 1 amide bonds. The number of nitro benzene ring substituents is 1. The van der Waals surface area contributed by atoms with Gasteiger partial charge in [-0.15, -0.1) is 11.8 Å². The third kappa shape index (κ3) is 4.47. The fourth-order valence-electron chi connectivity index (χ4n) is 1.73. The quantitative estimate of drug-likeness (QED) is 0.502. The molecular weight excluding hydrogens is 324 g/mol. The molecule has 0 fully saturated rings. The number of hydrogen-bond acceptors (Lipinski definition) is 4. The van der Waals surface area contributed by atoms with Crippen molar-refractivity contribution in [1.82, 2.24) is 0 Å². The maximum atomic E-state index is 11.9. The molecule has 0 saturated heterocycles. The van der Waals surface area contributed by atoms with Crippen molar-refractivity contribution in [2.75, 3.05) is 11.1 Å². The molecule has 0 spiro atoms. The SMILES string of the molecule is Cc1ccc(Cl)cc1NC(=O)CSc1ccc([N+](=O)[O-])cc1. The minimum Gasteiger partial charge on any atom is -0.325 e. The summed E-state index contributed by atoms with van der Waals surface area (Å²) in [5.41, 5.74) is 1.64. The van der Waals surface area contributed by atoms with Crippen molar-refractivity contribution in [3.8, 4) is 0 Å². The summed E-state index contributed by atoms with van der Waals surface area (Å²) in [6, 6.07) is 11.4. The van der Waals surface area contributed by atoms with Crippen molar-refractivity contribution in [3.63, 3.8) is 0 Å². The van der Waals surface area contributed by atoms with Crippen LogP contribution in [0.25, 0.3) is 0 Å². The van der Waals surface area contributed by atoms with Crippen LogP contribution in [0.2, 0.25) is 5.02 Å². The van der Waals surface area contributed by atoms with Crippen LogP contribution in [0.5, 0.6) is 0 Å². The van der Waals surface area contributed by atoms with Crippen molar-refractivity contribution in [3.05, 3.63) is 63.2 Å². The fraction of sp³-hybridized carbons (Fsp3) is 0.133. The van der Waals surface area contributed by atoms with E-state index in [4.69, 9.17) is 11.6 Å². The lowest BCUT2D eigenvalue weighted by atomic mass is 10.2. The number of amides is 1. The van der Waals surface area contributed by atoms with Crippen LogP contribution in [0.15, 0.2) is 47.4 Å². The van der Waals surface area contributed by atoms with Gasteiger partial charge in [-0.1, -0.05) is 17.7 Å². The normalized spacial score (nSPS) is 10.3. The first-order valence-electron chi connectivity index (χ1n) is 6.39. The van der Waals surface area contributed by atoms with Crippen LogP contribution in [0.3, 0.4) is 0 Å². The van der Waals surface area contributed by atoms with E-state index in [1.165, 1.54) is 23.9 Å². The molecule has 0 aliphatic carbocycles. The number of carbonyl (C=O) groups excluding carboxylic acids is 1. The average Bonchev–Trinajstić information content (AvgIpc) is 2.49. The molecule has 22 heavy (non-hydrogen) atoms. The van der Waals surface area contributed by atoms with E-state index in [-0.39, 0.29) is 17.3 Å². The smallest absolute Gasteiger partial charge is 0.269 e. The predicted molar refractivity (Wildman–Crippen MR) is 88.6 cm³/mol. The Morgan fingerprint density at radius 3 is 2.59 bits per heavy atom. The Labute approximate surface area is 136 Å². The number of nitro groups is 1. The van der Waals surface area contributed by atoms with E-state index >= 15 is 0 Å². The highest BCUT2D eigenvalue weighted by Crippen LogP contribution is 2.23. The molecule has 0 unspecified atom stereocenters. The molecule has 7 heteroatoms. The zero-order valence-electron chi connectivity index (χ0n) is 11.7. The fourth-order valence-corrected chi connectivity index (χ4v) is 2.60. The van der Waals surface area contributed by atoms with Gasteiger partial charge in [0.2, 0.25) is 5.91 Å². The molecule has 0 saturated carbocycles. The molecule has 0 aromatic heterocycles. The number of non-ortho nitro benzene ring substituents is 1. The summed E-state index contributed by atoms with van der Waals surface area (Å²) in [5, 5.41) is 13.9. The van der Waals surface area contributed by atoms with E-state index in [9.17, 15) is 14.9 Å². The average molecular weight is 337 g/mol. The molecule has 114 valence electrons. The number of nitrogens with zero attached hydrogens (tertiary/aromatic N) is 1. The van der Waals surface area contributed by atoms with Gasteiger partial charge in [0.1, 0.15) is 0 Å². The van der Waals surface area contributed by atoms with Gasteiger partial charge in [-0.25, -0.2) is 0 Å². The van der Waals surface area contributed by atoms with Gasteiger partial charge in [0.05, 0.1) is 10.7 Å². The Balaban J connectivity index is 1.92. The summed E-state index contributed by atoms with van der Waals surface area (Å²) in [6.45, 7) is 1.88. The number of aryl methyl sites for hydroxylation is 1. The molecule has 5 nitrogen and oxygen atoms in total. The largest absolute Gasteiger partial charge is 0.325 e. The van der Waals surface area contributed by atoms with Crippen molar-refractivity contribution in [1.29, 1.82) is 0 Å². The number of halogens is 1. The summed E-state index contributed by atoms with van der Waals surface area (Å²) in [7, 11) is 0. The highest BCUT2D eigenvalue weighted by atomic mass is 35.5. The third-order valence-electron chi connectivity index (χ3n) is 2.89. The van der Waals surface area contributed by atoms with E-state index < -0.39 is 4.92 Å². The Morgan fingerprint density at radius 1 is 1.27 bits per heavy atom. The summed E-state index contributed by atoms with van der Waals surface area (Å²) in [5.74, 6) is 0.0535. The first-order chi connectivity index (χ1) is 10.5. The van der Waals surface area contributed by atoms with Crippen molar-refractivity contribution < 1.29 is 9.72 Å². The zero-order valence-corrected chi connectivity index (χ0v) is 13.3. The number of anilines is 1. The Hall–Kier alpha value is -2.05. The van der Waals surface area contributed by atoms with Gasteiger partial charge >= 0.3 is 0 Å². The van der Waals surface area contributed by atoms with Crippen LogP contribution in [-0.4, -0.2) is 16.6 Å². The molecule has 0 radical (unpaired) electrons. The van der Waals surface area contributed by atoms with Crippen LogP contribution >= 0.6 is 23.4 Å². The molecule has 0 bridgehead atoms. The summed E-state index contributed by atoms with van der Waals surface area (Å²) >= 11 is 7.21. The summed E-state index contributed by atoms with van der Waals surface area (Å²) in [4.78, 5) is 22.8. The predicted octanol–water partition coefficient (Wildman–Crippen LogP) is 4.29. The van der Waals surface area contributed by atoms with Gasteiger partial charge in [-0.05, 0) is 36.8 Å². The number of nitrogens with one attached hydrogen (secondary N) is 1. The van der Waals surface area contributed by atoms with Gasteiger partial charge < -0.3 is 5.32 Å². The number of hydrogen-bond donors (Lipinski definition) is 1. The van der Waals surface area contributed by atoms with E-state index in [1.54, 1.807) is 24.3 Å². The zero-order chi connectivity index (χ0) is 16.1. The molecule has 2 aromatic carbocycles. The molecule has 2 rings (SSSR count). The summed E-state index contributed by atoms with van der Waals surface area (Å²) in [6.07, 6.45) is 0. The number of carbonyl (C=O) groups is 1. The molecule has 0 aliphatic heterocycles. The second kappa shape index (κ2) is 7.29. The van der Waals surface area contributed by atoms with Gasteiger partial charge in [-0.3, -0.25) is 14.9 Å². The standard InChI is InChI=1S/C15H13ClN2O3S/c1-10-2-3-11(16)8-14(10)17-15(19)9-22-13-6-4-12(5-7-13)18(20)21/h2-8H,9H2,1H3,(H,17,19). The maximum absolute atomic E-state index is 11.9. The van der Waals surface area contributed by atoms with E-state index in [1.807, 2.05) is 13.0 Å². The second-order valence-electron chi connectivity index (χ2n) is 4.55. The van der Waals surface area contributed by atoms with Crippen LogP contribution in [-0.2, 0) is 4.79 Å². The van der Waals surface area contributed by atoms with E-state index in [2.05, 4.69) is 5.32 Å². The van der Waals surface area contributed by atoms with Gasteiger partial charge in [-0.2, -0.15) is 0 Å². The highest BCUT2D eigenvalue weighted by molar-refractivity contribution is 8.00. The lowest BCUT2D eigenvalue weighted by Crippen LogP contribution is -2.14. The van der Waals surface area contributed by atoms with Crippen LogP contribution in [0.1, 0.15) is 5.56 Å². The number of thioether (sulfide) groups is 1. The van der Waals surface area contributed by atoms with Crippen molar-refractivity contribution >= 4 is 40.6 Å². The monoisotopic (exact) mass is 336 g/mol. The minimum absolute atomic E-state index is 0.0309. The van der Waals surface area contributed by atoms with Crippen molar-refractivity contribution in [2.45, 2.75) is 11.8 Å². The van der Waals surface area contributed by atoms with Crippen molar-refractivity contribution in [2.24, 2.45) is 0 Å². The number of rotatable bonds is 5. The molecule has 0 aliphatic rings. The Bertz CT molecular complexity index is 704. The molecule has 1 N–H and O–H groups in total. The number of benzene rings is 2. The van der Waals surface area contributed by atoms with Gasteiger partial charge in [0.15, 0.2) is 0 Å². The topological polar surface area (TPSA) is 72.2 Å². The molecule has 0 heterocycles. The van der Waals surface area contributed by atoms with Crippen LogP contribution in [0, 0.1) is 17.0 Å². The third-order valence-corrected chi connectivity index (χ3v) is 4.14. The maximum Gasteiger partial charge on any atom is 0.269 e. The Kier molecular flexibility index (Phi) is 5.41. The molecule has 0 atom stereocenters. The lowest BCUT2D eigenvalue weighted by Gasteiger charge is -2.08. The van der Waals surface area contributed by atoms with Gasteiger partial charge in [0.25, 0.3) is 5.69 Å². The Morgan fingerprint density at radius 2 is 1.95 bits per heavy atom. The first-order valence-corrected chi connectivity index (χ1v) is 7.75. The van der Waals surface area contributed by atoms with Crippen LogP contribution < -0.4 is 5.32 Å². The van der Waals surface area contributed by atoms with E-state index in [0.29, 0.717) is 10.7 Å². The van der Waals surface area contributed by atoms with E-state index in [0.717, 1.165) is 10.5 Å². The lowest BCUT2D eigenvalue weighted by molar-refractivity contribution is -0.384. The highest BCUT2D eigenvalue weighted by Gasteiger charge is 2.08. The minimum atomic E-state index is -0.455.